The van der Waals surface area contributed by atoms with Gasteiger partial charge < -0.3 is 24.4 Å². The van der Waals surface area contributed by atoms with Gasteiger partial charge >= 0.3 is 0 Å². The fraction of sp³-hybridized carbons (Fsp3) is 0.640. The summed E-state index contributed by atoms with van der Waals surface area (Å²) in [5.41, 5.74) is 2.60. The number of fused-ring (bicyclic) bond motifs is 3. The number of anilines is 1. The molecule has 0 unspecified atom stereocenters. The monoisotopic (exact) mass is 482 g/mol. The number of aromatic nitrogens is 2. The van der Waals surface area contributed by atoms with Gasteiger partial charge in [-0.3, -0.25) is 4.79 Å². The van der Waals surface area contributed by atoms with E-state index in [2.05, 4.69) is 51.5 Å². The summed E-state index contributed by atoms with van der Waals surface area (Å²) in [6, 6.07) is 5.78. The Balaban J connectivity index is 1.53. The smallest absolute Gasteiger partial charge is 0.258 e. The molecule has 1 aliphatic heterocycles. The zero-order valence-corrected chi connectivity index (χ0v) is 22.0. The number of amides is 1. The summed E-state index contributed by atoms with van der Waals surface area (Å²) in [5.74, 6) is 0.647. The molecule has 0 saturated heterocycles. The number of ether oxygens (including phenoxy) is 1. The molecule has 2 aromatic heterocycles. The van der Waals surface area contributed by atoms with Crippen molar-refractivity contribution in [2.75, 3.05) is 38.3 Å². The molecule has 184 valence electrons. The topological polar surface area (TPSA) is 86.4 Å². The van der Waals surface area contributed by atoms with Gasteiger partial charge in [-0.2, -0.15) is 5.26 Å². The van der Waals surface area contributed by atoms with Gasteiger partial charge in [-0.1, -0.05) is 19.6 Å². The molecule has 34 heavy (non-hydrogen) atoms. The summed E-state index contributed by atoms with van der Waals surface area (Å²) in [4.78, 5) is 21.9. The van der Waals surface area contributed by atoms with E-state index in [0.717, 1.165) is 61.6 Å². The van der Waals surface area contributed by atoms with Crippen molar-refractivity contribution in [3.8, 4) is 6.07 Å². The number of rotatable bonds is 9. The van der Waals surface area contributed by atoms with Crippen LogP contribution in [0.4, 0.5) is 5.69 Å². The summed E-state index contributed by atoms with van der Waals surface area (Å²) >= 11 is 0. The van der Waals surface area contributed by atoms with Gasteiger partial charge in [0.15, 0.2) is 0 Å². The van der Waals surface area contributed by atoms with E-state index in [4.69, 9.17) is 10.00 Å². The Kier molecular flexibility index (Phi) is 7.60. The first-order valence-corrected chi connectivity index (χ1v) is 16.1. The highest BCUT2D eigenvalue weighted by atomic mass is 28.3. The molecular formula is C25H38N6O2Si. The van der Waals surface area contributed by atoms with E-state index >= 15 is 0 Å². The third kappa shape index (κ3) is 5.45. The highest BCUT2D eigenvalue weighted by Gasteiger charge is 2.35. The van der Waals surface area contributed by atoms with Gasteiger partial charge in [0.2, 0.25) is 0 Å². The van der Waals surface area contributed by atoms with Crippen LogP contribution in [0.25, 0.3) is 11.0 Å². The molecule has 1 fully saturated rings. The molecule has 1 aliphatic carbocycles. The average Bonchev–Trinajstić information content (AvgIpc) is 3.22. The Morgan fingerprint density at radius 2 is 2.03 bits per heavy atom. The maximum Gasteiger partial charge on any atom is 0.258 e. The minimum atomic E-state index is -1.13. The van der Waals surface area contributed by atoms with Crippen molar-refractivity contribution in [3.63, 3.8) is 0 Å². The number of carbonyl (C=O) groups excluding carboxylic acids is 1. The second kappa shape index (κ2) is 10.5. The molecule has 2 aromatic rings. The van der Waals surface area contributed by atoms with Crippen molar-refractivity contribution in [1.29, 1.82) is 5.26 Å². The summed E-state index contributed by atoms with van der Waals surface area (Å²) in [6.45, 7) is 10.2. The summed E-state index contributed by atoms with van der Waals surface area (Å²) in [7, 11) is 0.746. The zero-order chi connectivity index (χ0) is 24.3. The molecule has 0 radical (unpaired) electrons. The Hall–Kier alpha value is -2.41. The molecule has 2 aliphatic rings. The quantitative estimate of drug-likeness (QED) is 0.332. The Morgan fingerprint density at radius 1 is 1.26 bits per heavy atom. The van der Waals surface area contributed by atoms with Crippen LogP contribution in [-0.2, 0) is 11.5 Å². The Bertz CT molecular complexity index is 1050. The molecular weight excluding hydrogens is 444 g/mol. The normalized spacial score (nSPS) is 21.1. The van der Waals surface area contributed by atoms with Gasteiger partial charge in [-0.05, 0) is 50.3 Å². The van der Waals surface area contributed by atoms with Gasteiger partial charge in [-0.15, -0.1) is 0 Å². The number of hydrogen-bond donors (Lipinski definition) is 1. The van der Waals surface area contributed by atoms with E-state index in [1.54, 1.807) is 11.1 Å². The first-order valence-electron chi connectivity index (χ1n) is 12.4. The van der Waals surface area contributed by atoms with Crippen LogP contribution in [0.1, 0.15) is 36.0 Å². The van der Waals surface area contributed by atoms with Crippen molar-refractivity contribution in [2.24, 2.45) is 5.92 Å². The van der Waals surface area contributed by atoms with Gasteiger partial charge in [0, 0.05) is 45.6 Å². The fourth-order valence-corrected chi connectivity index (χ4v) is 5.85. The average molecular weight is 483 g/mol. The summed E-state index contributed by atoms with van der Waals surface area (Å²) in [6.07, 6.45) is 8.22. The lowest BCUT2D eigenvalue weighted by Crippen LogP contribution is -2.50. The number of nitriles is 1. The Labute approximate surface area is 203 Å². The van der Waals surface area contributed by atoms with Crippen LogP contribution in [0.15, 0.2) is 18.5 Å². The third-order valence-electron chi connectivity index (χ3n) is 7.11. The van der Waals surface area contributed by atoms with E-state index in [-0.39, 0.29) is 5.91 Å². The zero-order valence-electron chi connectivity index (χ0n) is 21.0. The molecule has 0 atom stereocenters. The maximum absolute atomic E-state index is 13.0. The van der Waals surface area contributed by atoms with Crippen LogP contribution in [0.3, 0.4) is 0 Å². The summed E-state index contributed by atoms with van der Waals surface area (Å²) < 4.78 is 8.04. The number of hydrogen-bond acceptors (Lipinski definition) is 6. The van der Waals surface area contributed by atoms with Crippen molar-refractivity contribution in [2.45, 2.75) is 64.1 Å². The first kappa shape index (κ1) is 24.7. The maximum atomic E-state index is 13.0. The van der Waals surface area contributed by atoms with E-state index in [1.807, 2.05) is 13.2 Å². The van der Waals surface area contributed by atoms with Crippen LogP contribution in [0.5, 0.6) is 0 Å². The van der Waals surface area contributed by atoms with Crippen LogP contribution in [0, 0.1) is 17.2 Å². The predicted octanol–water partition coefficient (Wildman–Crippen LogP) is 3.87. The summed E-state index contributed by atoms with van der Waals surface area (Å²) in [5, 5.41) is 13.0. The van der Waals surface area contributed by atoms with E-state index in [9.17, 15) is 4.79 Å². The SMILES string of the molecule is CN1CN(C2CCC(CNCC#N)CC2)c2c(cnc3c2ccn3COCC[Si](C)(C)C)C1=O. The highest BCUT2D eigenvalue weighted by molar-refractivity contribution is 6.76. The molecule has 3 heterocycles. The van der Waals surface area contributed by atoms with Crippen molar-refractivity contribution in [1.82, 2.24) is 19.8 Å². The molecule has 1 amide bonds. The van der Waals surface area contributed by atoms with Crippen LogP contribution in [-0.4, -0.2) is 67.9 Å². The first-order chi connectivity index (χ1) is 16.3. The van der Waals surface area contributed by atoms with E-state index < -0.39 is 8.07 Å². The molecule has 1 saturated carbocycles. The largest absolute Gasteiger partial charge is 0.361 e. The molecule has 4 rings (SSSR count). The minimum absolute atomic E-state index is 0.0363. The Morgan fingerprint density at radius 3 is 2.74 bits per heavy atom. The second-order valence-electron chi connectivity index (χ2n) is 11.0. The third-order valence-corrected chi connectivity index (χ3v) is 8.81. The molecule has 0 aromatic carbocycles. The lowest BCUT2D eigenvalue weighted by molar-refractivity contribution is 0.0774. The van der Waals surface area contributed by atoms with Crippen molar-refractivity contribution in [3.05, 3.63) is 24.0 Å². The molecule has 0 spiro atoms. The fourth-order valence-electron chi connectivity index (χ4n) is 5.10. The van der Waals surface area contributed by atoms with E-state index in [0.29, 0.717) is 37.5 Å². The van der Waals surface area contributed by atoms with Gasteiger partial charge in [-0.25, -0.2) is 4.98 Å². The van der Waals surface area contributed by atoms with Crippen molar-refractivity contribution >= 4 is 30.7 Å². The van der Waals surface area contributed by atoms with Crippen LogP contribution >= 0.6 is 0 Å². The lowest BCUT2D eigenvalue weighted by atomic mass is 9.84. The molecule has 8 nitrogen and oxygen atoms in total. The standard InChI is InChI=1S/C25H38N6O2Si/c1-29-17-31(20-7-5-19(6-8-20)15-27-11-10-26)23-21-9-12-30(18-33-13-14-34(2,3)4)24(21)28-16-22(23)25(29)32/h9,12,16,19-20,27H,5-8,11,13-15,17-18H2,1-4H3. The highest BCUT2D eigenvalue weighted by Crippen LogP contribution is 2.39. The van der Waals surface area contributed by atoms with Gasteiger partial charge in [0.1, 0.15) is 12.4 Å². The van der Waals surface area contributed by atoms with Crippen molar-refractivity contribution < 1.29 is 9.53 Å². The number of pyridine rings is 1. The predicted molar refractivity (Wildman–Crippen MR) is 138 cm³/mol. The number of carbonyl (C=O) groups is 1. The van der Waals surface area contributed by atoms with Gasteiger partial charge in [0.25, 0.3) is 5.91 Å². The minimum Gasteiger partial charge on any atom is -0.361 e. The van der Waals surface area contributed by atoms with E-state index in [1.165, 1.54) is 0 Å². The lowest BCUT2D eigenvalue weighted by Gasteiger charge is -2.44. The number of nitrogens with one attached hydrogen (secondary N) is 1. The molecule has 0 bridgehead atoms. The second-order valence-corrected chi connectivity index (χ2v) is 16.6. The molecule has 9 heteroatoms. The number of nitrogens with zero attached hydrogens (tertiary/aromatic N) is 5. The van der Waals surface area contributed by atoms with Crippen LogP contribution < -0.4 is 10.2 Å². The molecule has 1 N–H and O–H groups in total. The van der Waals surface area contributed by atoms with Crippen LogP contribution in [0.2, 0.25) is 25.7 Å². The van der Waals surface area contributed by atoms with Gasteiger partial charge in [0.05, 0.1) is 30.5 Å².